The molecule has 1 aliphatic carbocycles. The lowest BCUT2D eigenvalue weighted by molar-refractivity contribution is 0.311. The molecular formula is C18H20N4OS. The molecule has 0 aliphatic heterocycles. The van der Waals surface area contributed by atoms with Crippen molar-refractivity contribution in [1.29, 1.82) is 0 Å². The highest BCUT2D eigenvalue weighted by Gasteiger charge is 2.27. The molecule has 24 heavy (non-hydrogen) atoms. The van der Waals surface area contributed by atoms with Crippen molar-refractivity contribution in [3.8, 4) is 0 Å². The average molecular weight is 340 g/mol. The summed E-state index contributed by atoms with van der Waals surface area (Å²) in [6, 6.07) is 12.1. The van der Waals surface area contributed by atoms with Crippen molar-refractivity contribution in [3.63, 3.8) is 0 Å². The van der Waals surface area contributed by atoms with E-state index in [1.807, 2.05) is 6.07 Å². The SMILES string of the molecule is C[C@H](c1ccccc1)N(CC1CCC1)c1nn2c(=O)ccnc2s1. The molecule has 1 saturated carbocycles. The minimum absolute atomic E-state index is 0.126. The van der Waals surface area contributed by atoms with Crippen molar-refractivity contribution in [3.05, 3.63) is 58.5 Å². The van der Waals surface area contributed by atoms with Gasteiger partial charge in [-0.2, -0.15) is 4.52 Å². The molecule has 1 aliphatic rings. The monoisotopic (exact) mass is 340 g/mol. The average Bonchev–Trinajstić information content (AvgIpc) is 2.99. The van der Waals surface area contributed by atoms with Crippen LogP contribution in [0, 0.1) is 5.92 Å². The smallest absolute Gasteiger partial charge is 0.275 e. The van der Waals surface area contributed by atoms with Gasteiger partial charge in [0.2, 0.25) is 10.1 Å². The minimum Gasteiger partial charge on any atom is -0.340 e. The number of aromatic nitrogens is 3. The Morgan fingerprint density at radius 2 is 2.08 bits per heavy atom. The second-order valence-electron chi connectivity index (χ2n) is 6.40. The summed E-state index contributed by atoms with van der Waals surface area (Å²) >= 11 is 1.49. The van der Waals surface area contributed by atoms with Crippen LogP contribution in [-0.4, -0.2) is 21.1 Å². The summed E-state index contributed by atoms with van der Waals surface area (Å²) < 4.78 is 1.41. The Morgan fingerprint density at radius 3 is 2.75 bits per heavy atom. The van der Waals surface area contributed by atoms with Crippen LogP contribution < -0.4 is 10.5 Å². The molecule has 2 aromatic heterocycles. The first kappa shape index (κ1) is 15.3. The van der Waals surface area contributed by atoms with Gasteiger partial charge in [-0.3, -0.25) is 4.79 Å². The quantitative estimate of drug-likeness (QED) is 0.713. The summed E-state index contributed by atoms with van der Waals surface area (Å²) in [6.45, 7) is 3.18. The Bertz CT molecular complexity index is 885. The molecule has 0 unspecified atom stereocenters. The Hall–Kier alpha value is -2.21. The minimum atomic E-state index is -0.126. The molecule has 124 valence electrons. The van der Waals surface area contributed by atoms with Crippen LogP contribution in [0.2, 0.25) is 0 Å². The molecule has 1 atom stereocenters. The van der Waals surface area contributed by atoms with Gasteiger partial charge in [0.25, 0.3) is 5.56 Å². The normalized spacial score (nSPS) is 16.0. The van der Waals surface area contributed by atoms with E-state index in [-0.39, 0.29) is 11.6 Å². The summed E-state index contributed by atoms with van der Waals surface area (Å²) in [5.41, 5.74) is 1.13. The molecule has 0 bridgehead atoms. The molecular weight excluding hydrogens is 320 g/mol. The Kier molecular flexibility index (Phi) is 4.06. The number of fused-ring (bicyclic) bond motifs is 1. The van der Waals surface area contributed by atoms with Crippen LogP contribution in [0.5, 0.6) is 0 Å². The van der Waals surface area contributed by atoms with Crippen molar-refractivity contribution in [2.24, 2.45) is 5.92 Å². The molecule has 0 radical (unpaired) electrons. The van der Waals surface area contributed by atoms with Crippen LogP contribution in [0.25, 0.3) is 4.96 Å². The van der Waals surface area contributed by atoms with E-state index in [2.05, 4.69) is 46.2 Å². The summed E-state index contributed by atoms with van der Waals surface area (Å²) in [6.07, 6.45) is 5.43. The third-order valence-corrected chi connectivity index (χ3v) is 5.79. The zero-order valence-electron chi connectivity index (χ0n) is 13.6. The Labute approximate surface area is 144 Å². The van der Waals surface area contributed by atoms with Gasteiger partial charge in [-0.05, 0) is 31.2 Å². The van der Waals surface area contributed by atoms with Crippen LogP contribution in [0.4, 0.5) is 5.13 Å². The molecule has 5 nitrogen and oxygen atoms in total. The summed E-state index contributed by atoms with van der Waals surface area (Å²) in [7, 11) is 0. The van der Waals surface area contributed by atoms with E-state index in [1.54, 1.807) is 6.20 Å². The lowest BCUT2D eigenvalue weighted by atomic mass is 9.85. The van der Waals surface area contributed by atoms with Crippen molar-refractivity contribution < 1.29 is 0 Å². The summed E-state index contributed by atoms with van der Waals surface area (Å²) in [5, 5.41) is 5.43. The molecule has 1 fully saturated rings. The molecule has 6 heteroatoms. The van der Waals surface area contributed by atoms with Crippen LogP contribution >= 0.6 is 11.3 Å². The molecule has 1 aromatic carbocycles. The number of benzene rings is 1. The Morgan fingerprint density at radius 1 is 1.29 bits per heavy atom. The van der Waals surface area contributed by atoms with Crippen molar-refractivity contribution in [1.82, 2.24) is 14.6 Å². The topological polar surface area (TPSA) is 50.5 Å². The van der Waals surface area contributed by atoms with Crippen molar-refractivity contribution in [2.75, 3.05) is 11.4 Å². The van der Waals surface area contributed by atoms with Gasteiger partial charge in [0.05, 0.1) is 6.04 Å². The number of anilines is 1. The zero-order valence-corrected chi connectivity index (χ0v) is 14.4. The lowest BCUT2D eigenvalue weighted by Gasteiger charge is -2.35. The van der Waals surface area contributed by atoms with E-state index >= 15 is 0 Å². The first-order valence-electron chi connectivity index (χ1n) is 8.39. The van der Waals surface area contributed by atoms with Gasteiger partial charge in [-0.25, -0.2) is 4.98 Å². The molecule has 0 amide bonds. The maximum Gasteiger partial charge on any atom is 0.275 e. The highest BCUT2D eigenvalue weighted by molar-refractivity contribution is 7.20. The molecule has 0 saturated heterocycles. The van der Waals surface area contributed by atoms with Gasteiger partial charge in [0, 0.05) is 18.8 Å². The maximum atomic E-state index is 12.0. The fourth-order valence-corrected chi connectivity index (χ4v) is 4.08. The zero-order chi connectivity index (χ0) is 16.5. The molecule has 0 spiro atoms. The second-order valence-corrected chi connectivity index (χ2v) is 7.33. The molecule has 0 N–H and O–H groups in total. The summed E-state index contributed by atoms with van der Waals surface area (Å²) in [5.74, 6) is 0.716. The van der Waals surface area contributed by atoms with Gasteiger partial charge in [0.1, 0.15) is 0 Å². The standard InChI is InChI=1S/C18H20N4OS/c1-13(15-8-3-2-4-9-15)21(12-14-6-5-7-14)18-20-22-16(23)10-11-19-17(22)24-18/h2-4,8-11,13-14H,5-7,12H2,1H3/t13-/m1/s1. The fraction of sp³-hybridized carbons (Fsp3) is 0.389. The Balaban J connectivity index is 1.73. The number of hydrogen-bond acceptors (Lipinski definition) is 5. The van der Waals surface area contributed by atoms with Crippen LogP contribution in [0.3, 0.4) is 0 Å². The summed E-state index contributed by atoms with van der Waals surface area (Å²) in [4.78, 5) is 19.3. The van der Waals surface area contributed by atoms with Gasteiger partial charge < -0.3 is 4.90 Å². The predicted molar refractivity (Wildman–Crippen MR) is 96.7 cm³/mol. The van der Waals surface area contributed by atoms with Gasteiger partial charge >= 0.3 is 0 Å². The second kappa shape index (κ2) is 6.36. The van der Waals surface area contributed by atoms with E-state index in [1.165, 1.54) is 46.7 Å². The largest absolute Gasteiger partial charge is 0.340 e. The highest BCUT2D eigenvalue weighted by atomic mass is 32.1. The number of rotatable bonds is 5. The molecule has 2 heterocycles. The molecule has 4 rings (SSSR count). The predicted octanol–water partition coefficient (Wildman–Crippen LogP) is 3.52. The number of hydrogen-bond donors (Lipinski definition) is 0. The van der Waals surface area contributed by atoms with Gasteiger partial charge in [0.15, 0.2) is 0 Å². The van der Waals surface area contributed by atoms with Crippen LogP contribution in [0.15, 0.2) is 47.4 Å². The highest BCUT2D eigenvalue weighted by Crippen LogP contribution is 2.35. The van der Waals surface area contributed by atoms with E-state index in [9.17, 15) is 4.79 Å². The van der Waals surface area contributed by atoms with Crippen LogP contribution in [0.1, 0.15) is 37.8 Å². The number of nitrogens with zero attached hydrogens (tertiary/aromatic N) is 4. The van der Waals surface area contributed by atoms with Crippen LogP contribution in [-0.2, 0) is 0 Å². The third-order valence-electron chi connectivity index (χ3n) is 4.83. The first-order valence-corrected chi connectivity index (χ1v) is 9.20. The maximum absolute atomic E-state index is 12.0. The lowest BCUT2D eigenvalue weighted by Crippen LogP contribution is -2.34. The van der Waals surface area contributed by atoms with Crippen molar-refractivity contribution >= 4 is 21.4 Å². The van der Waals surface area contributed by atoms with Gasteiger partial charge in [-0.1, -0.05) is 48.1 Å². The third kappa shape index (κ3) is 2.82. The van der Waals surface area contributed by atoms with Crippen molar-refractivity contribution in [2.45, 2.75) is 32.2 Å². The first-order chi connectivity index (χ1) is 11.7. The molecule has 3 aromatic rings. The van der Waals surface area contributed by atoms with Gasteiger partial charge in [-0.15, -0.1) is 5.10 Å². The van der Waals surface area contributed by atoms with E-state index in [4.69, 9.17) is 0 Å². The van der Waals surface area contributed by atoms with E-state index in [0.717, 1.165) is 11.7 Å². The fourth-order valence-electron chi connectivity index (χ4n) is 3.12. The van der Waals surface area contributed by atoms with E-state index in [0.29, 0.717) is 10.9 Å². The van der Waals surface area contributed by atoms with E-state index < -0.39 is 0 Å².